The summed E-state index contributed by atoms with van der Waals surface area (Å²) in [7, 11) is -1.01. The molecule has 0 aliphatic rings. The lowest BCUT2D eigenvalue weighted by atomic mass is 10.2. The minimum atomic E-state index is -1.01. The Hall–Kier alpha value is -1.89. The molecule has 7 heteroatoms. The Morgan fingerprint density at radius 3 is 2.48 bits per heavy atom. The van der Waals surface area contributed by atoms with E-state index in [0.717, 1.165) is 0 Å². The van der Waals surface area contributed by atoms with Crippen LogP contribution in [-0.4, -0.2) is 45.9 Å². The molecule has 116 valence electrons. The van der Waals surface area contributed by atoms with Crippen LogP contribution in [0.5, 0.6) is 0 Å². The maximum Gasteiger partial charge on any atom is 0.322 e. The number of amides is 2. The highest BCUT2D eigenvalue weighted by Gasteiger charge is 2.18. The van der Waals surface area contributed by atoms with Gasteiger partial charge in [-0.25, -0.2) is 4.79 Å². The van der Waals surface area contributed by atoms with E-state index in [0.29, 0.717) is 11.4 Å². The van der Waals surface area contributed by atoms with Gasteiger partial charge in [0.1, 0.15) is 0 Å². The molecule has 21 heavy (non-hydrogen) atoms. The zero-order valence-electron chi connectivity index (χ0n) is 12.1. The third kappa shape index (κ3) is 6.40. The molecule has 0 aliphatic heterocycles. The highest BCUT2D eigenvalue weighted by molar-refractivity contribution is 7.84. The zero-order chi connectivity index (χ0) is 15.8. The Kier molecular flexibility index (Phi) is 6.87. The van der Waals surface area contributed by atoms with Crippen LogP contribution in [0.25, 0.3) is 0 Å². The number of hydrogen-bond donors (Lipinski definition) is 2. The van der Waals surface area contributed by atoms with Gasteiger partial charge in [-0.05, 0) is 19.1 Å². The van der Waals surface area contributed by atoms with Crippen LogP contribution in [0.4, 0.5) is 10.5 Å². The molecule has 1 aromatic rings. The molecule has 0 bridgehead atoms. The molecule has 0 radical (unpaired) electrons. The van der Waals surface area contributed by atoms with Gasteiger partial charge in [0.15, 0.2) is 0 Å². The minimum absolute atomic E-state index is 0.0765. The molecular weight excluding hydrogens is 292 g/mol. The number of para-hydroxylation sites is 1. The predicted molar refractivity (Wildman–Crippen MR) is 83.0 cm³/mol. The maximum atomic E-state index is 12.3. The summed E-state index contributed by atoms with van der Waals surface area (Å²) in [5, 5.41) is 11.5. The number of anilines is 1. The second-order valence-corrected chi connectivity index (χ2v) is 6.20. The fourth-order valence-corrected chi connectivity index (χ4v) is 2.63. The number of hydrogen-bond acceptors (Lipinski definition) is 3. The first-order valence-corrected chi connectivity index (χ1v) is 8.27. The lowest BCUT2D eigenvalue weighted by molar-refractivity contribution is -0.136. The lowest BCUT2D eigenvalue weighted by Crippen LogP contribution is -2.46. The third-order valence-corrected chi connectivity index (χ3v) is 3.69. The molecule has 0 spiro atoms. The van der Waals surface area contributed by atoms with Crippen molar-refractivity contribution in [3.8, 4) is 0 Å². The quantitative estimate of drug-likeness (QED) is 0.797. The highest BCUT2D eigenvalue weighted by atomic mass is 32.2. The molecule has 2 N–H and O–H groups in total. The normalized spacial score (nSPS) is 13.2. The van der Waals surface area contributed by atoms with Crippen LogP contribution in [0.3, 0.4) is 0 Å². The monoisotopic (exact) mass is 312 g/mol. The van der Waals surface area contributed by atoms with E-state index in [1.165, 1.54) is 4.90 Å². The second kappa shape index (κ2) is 8.41. The van der Waals surface area contributed by atoms with Crippen molar-refractivity contribution < 1.29 is 18.9 Å². The summed E-state index contributed by atoms with van der Waals surface area (Å²) in [6.45, 7) is 1.84. The maximum absolute atomic E-state index is 12.3. The van der Waals surface area contributed by atoms with Crippen molar-refractivity contribution in [3.63, 3.8) is 0 Å². The molecule has 1 aromatic carbocycles. The number of aliphatic carboxylic acids is 1. The van der Waals surface area contributed by atoms with E-state index < -0.39 is 16.8 Å². The summed E-state index contributed by atoms with van der Waals surface area (Å²) in [5.41, 5.74) is 0.626. The molecule has 2 atom stereocenters. The van der Waals surface area contributed by atoms with E-state index in [-0.39, 0.29) is 25.0 Å². The van der Waals surface area contributed by atoms with Gasteiger partial charge in [-0.15, -0.1) is 0 Å². The van der Waals surface area contributed by atoms with Gasteiger partial charge in [-0.3, -0.25) is 13.9 Å². The number of carboxylic acids is 1. The molecule has 2 unspecified atom stereocenters. The van der Waals surface area contributed by atoms with Crippen molar-refractivity contribution >= 4 is 28.5 Å². The highest BCUT2D eigenvalue weighted by Crippen LogP contribution is 2.14. The van der Waals surface area contributed by atoms with Gasteiger partial charge in [-0.2, -0.15) is 0 Å². The summed E-state index contributed by atoms with van der Waals surface area (Å²) in [6, 6.07) is 8.22. The lowest BCUT2D eigenvalue weighted by Gasteiger charge is -2.24. The molecule has 0 fully saturated rings. The van der Waals surface area contributed by atoms with Gasteiger partial charge in [0.2, 0.25) is 0 Å². The number of carboxylic acid groups (broad SMARTS) is 1. The molecule has 1 rings (SSSR count). The predicted octanol–water partition coefficient (Wildman–Crippen LogP) is 1.44. The molecule has 2 amide bonds. The molecule has 0 aliphatic carbocycles. The Bertz CT molecular complexity index is 507. The van der Waals surface area contributed by atoms with Crippen LogP contribution in [0, 0.1) is 0 Å². The Morgan fingerprint density at radius 1 is 1.33 bits per heavy atom. The van der Waals surface area contributed by atoms with Gasteiger partial charge in [-0.1, -0.05) is 18.2 Å². The Labute approximate surface area is 126 Å². The molecule has 0 saturated heterocycles. The standard InChI is InChI=1S/C14H20N2O4S/c1-11(10-21(2)20)15-14(19)16(9-8-13(17)18)12-6-4-3-5-7-12/h3-7,11H,8-10H2,1-2H3,(H,15,19)(H,17,18). The number of nitrogens with zero attached hydrogens (tertiary/aromatic N) is 1. The van der Waals surface area contributed by atoms with E-state index in [4.69, 9.17) is 5.11 Å². The molecule has 0 heterocycles. The Balaban J connectivity index is 2.78. The number of benzene rings is 1. The number of carbonyl (C=O) groups is 2. The summed E-state index contributed by atoms with van der Waals surface area (Å²) in [5.74, 6) is -0.612. The first-order valence-electron chi connectivity index (χ1n) is 6.55. The largest absolute Gasteiger partial charge is 0.481 e. The molecular formula is C14H20N2O4S. The summed E-state index contributed by atoms with van der Waals surface area (Å²) < 4.78 is 11.2. The van der Waals surface area contributed by atoms with Gasteiger partial charge in [0.05, 0.1) is 6.42 Å². The van der Waals surface area contributed by atoms with Gasteiger partial charge in [0, 0.05) is 41.1 Å². The summed E-state index contributed by atoms with van der Waals surface area (Å²) >= 11 is 0. The number of nitrogens with one attached hydrogen (secondary N) is 1. The van der Waals surface area contributed by atoms with Crippen molar-refractivity contribution in [3.05, 3.63) is 30.3 Å². The fraction of sp³-hybridized carbons (Fsp3) is 0.429. The van der Waals surface area contributed by atoms with Crippen molar-refractivity contribution in [1.82, 2.24) is 5.32 Å². The van der Waals surface area contributed by atoms with E-state index in [1.54, 1.807) is 37.4 Å². The molecule has 0 saturated carbocycles. The van der Waals surface area contributed by atoms with E-state index in [1.807, 2.05) is 6.07 Å². The Morgan fingerprint density at radius 2 is 1.95 bits per heavy atom. The average molecular weight is 312 g/mol. The smallest absolute Gasteiger partial charge is 0.322 e. The molecule has 6 nitrogen and oxygen atoms in total. The summed E-state index contributed by atoms with van der Waals surface area (Å²) in [4.78, 5) is 24.4. The van der Waals surface area contributed by atoms with Crippen molar-refractivity contribution in [2.45, 2.75) is 19.4 Å². The topological polar surface area (TPSA) is 86.7 Å². The second-order valence-electron chi connectivity index (χ2n) is 4.72. The first-order chi connectivity index (χ1) is 9.90. The number of carbonyl (C=O) groups excluding carboxylic acids is 1. The van der Waals surface area contributed by atoms with Crippen LogP contribution in [0.1, 0.15) is 13.3 Å². The van der Waals surface area contributed by atoms with E-state index in [2.05, 4.69) is 5.32 Å². The first kappa shape index (κ1) is 17.2. The summed E-state index contributed by atoms with van der Waals surface area (Å²) in [6.07, 6.45) is 1.43. The third-order valence-electron chi connectivity index (χ3n) is 2.72. The van der Waals surface area contributed by atoms with E-state index >= 15 is 0 Å². The number of rotatable bonds is 7. The van der Waals surface area contributed by atoms with Gasteiger partial charge in [0.25, 0.3) is 0 Å². The average Bonchev–Trinajstić information content (AvgIpc) is 2.38. The van der Waals surface area contributed by atoms with Crippen LogP contribution >= 0.6 is 0 Å². The van der Waals surface area contributed by atoms with Crippen molar-refractivity contribution in [1.29, 1.82) is 0 Å². The van der Waals surface area contributed by atoms with Crippen LogP contribution in [0.2, 0.25) is 0 Å². The van der Waals surface area contributed by atoms with Crippen molar-refractivity contribution in [2.75, 3.05) is 23.5 Å². The van der Waals surface area contributed by atoms with E-state index in [9.17, 15) is 13.8 Å². The van der Waals surface area contributed by atoms with Crippen LogP contribution < -0.4 is 10.2 Å². The minimum Gasteiger partial charge on any atom is -0.481 e. The van der Waals surface area contributed by atoms with Gasteiger partial charge >= 0.3 is 12.0 Å². The fourth-order valence-electron chi connectivity index (χ4n) is 1.85. The van der Waals surface area contributed by atoms with Gasteiger partial charge < -0.3 is 10.4 Å². The SMILES string of the molecule is CC(CS(C)=O)NC(=O)N(CCC(=O)O)c1ccccc1. The zero-order valence-corrected chi connectivity index (χ0v) is 12.9. The number of urea groups is 1. The molecule has 0 aromatic heterocycles. The van der Waals surface area contributed by atoms with Crippen molar-refractivity contribution in [2.24, 2.45) is 0 Å². The van der Waals surface area contributed by atoms with Crippen LogP contribution in [-0.2, 0) is 15.6 Å². The van der Waals surface area contributed by atoms with Crippen LogP contribution in [0.15, 0.2) is 30.3 Å².